The molecular weight excluding hydrogens is 250 g/mol. The molecule has 0 saturated heterocycles. The van der Waals surface area contributed by atoms with E-state index < -0.39 is 0 Å². The van der Waals surface area contributed by atoms with Gasteiger partial charge in [0.1, 0.15) is 5.75 Å². The monoisotopic (exact) mass is 275 g/mol. The molecule has 0 bridgehead atoms. The fourth-order valence-electron chi connectivity index (χ4n) is 3.81. The van der Waals surface area contributed by atoms with Crippen molar-refractivity contribution < 1.29 is 9.84 Å². The first-order valence-electron chi connectivity index (χ1n) is 7.85. The van der Waals surface area contributed by atoms with Crippen LogP contribution in [0.5, 0.6) is 5.75 Å². The summed E-state index contributed by atoms with van der Waals surface area (Å²) in [5.74, 6) is 1.38. The third kappa shape index (κ3) is 2.70. The first kappa shape index (κ1) is 13.9. The lowest BCUT2D eigenvalue weighted by Crippen LogP contribution is -2.38. The molecule has 3 atom stereocenters. The highest BCUT2D eigenvalue weighted by Gasteiger charge is 2.30. The summed E-state index contributed by atoms with van der Waals surface area (Å²) in [6.45, 7) is 0.315. The van der Waals surface area contributed by atoms with E-state index in [-0.39, 0.29) is 0 Å². The number of hydrogen-bond donors (Lipinski definition) is 2. The normalized spacial score (nSPS) is 29.2. The van der Waals surface area contributed by atoms with Crippen LogP contribution in [-0.2, 0) is 6.42 Å². The number of aliphatic hydroxyl groups is 1. The number of aliphatic hydroxyl groups excluding tert-OH is 1. The molecule has 0 aromatic heterocycles. The van der Waals surface area contributed by atoms with E-state index in [9.17, 15) is 5.11 Å². The molecule has 0 amide bonds. The number of hydrogen-bond acceptors (Lipinski definition) is 3. The highest BCUT2D eigenvalue weighted by atomic mass is 16.5. The fourth-order valence-corrected chi connectivity index (χ4v) is 3.81. The summed E-state index contributed by atoms with van der Waals surface area (Å²) in [5, 5.41) is 13.3. The Morgan fingerprint density at radius 1 is 1.25 bits per heavy atom. The number of rotatable bonds is 4. The quantitative estimate of drug-likeness (QED) is 0.888. The van der Waals surface area contributed by atoms with Crippen LogP contribution in [0.4, 0.5) is 0 Å². The summed E-state index contributed by atoms with van der Waals surface area (Å²) in [5.41, 5.74) is 2.85. The van der Waals surface area contributed by atoms with Crippen molar-refractivity contribution in [1.29, 1.82) is 0 Å². The van der Waals surface area contributed by atoms with Gasteiger partial charge in [-0.2, -0.15) is 0 Å². The first-order chi connectivity index (χ1) is 9.81. The molecule has 0 heterocycles. The molecule has 2 aliphatic rings. The van der Waals surface area contributed by atoms with Crippen molar-refractivity contribution in [3.8, 4) is 5.75 Å². The van der Waals surface area contributed by atoms with E-state index in [2.05, 4.69) is 23.5 Å². The molecule has 2 aliphatic carbocycles. The van der Waals surface area contributed by atoms with E-state index in [4.69, 9.17) is 4.74 Å². The van der Waals surface area contributed by atoms with Crippen LogP contribution in [0, 0.1) is 5.92 Å². The maximum Gasteiger partial charge on any atom is 0.119 e. The van der Waals surface area contributed by atoms with E-state index in [1.54, 1.807) is 7.11 Å². The summed E-state index contributed by atoms with van der Waals surface area (Å²) in [4.78, 5) is 0. The number of nitrogens with one attached hydrogen (secondary N) is 1. The molecule has 110 valence electrons. The van der Waals surface area contributed by atoms with Crippen molar-refractivity contribution in [2.75, 3.05) is 13.7 Å². The van der Waals surface area contributed by atoms with Gasteiger partial charge in [-0.25, -0.2) is 0 Å². The molecule has 1 aromatic rings. The Bertz CT molecular complexity index is 460. The Hall–Kier alpha value is -1.06. The van der Waals surface area contributed by atoms with Crippen LogP contribution >= 0.6 is 0 Å². The van der Waals surface area contributed by atoms with Crippen LogP contribution in [0.25, 0.3) is 0 Å². The minimum atomic E-state index is 0.315. The Labute approximate surface area is 121 Å². The van der Waals surface area contributed by atoms with Crippen molar-refractivity contribution in [3.63, 3.8) is 0 Å². The van der Waals surface area contributed by atoms with Crippen molar-refractivity contribution in [2.45, 2.75) is 50.6 Å². The highest BCUT2D eigenvalue weighted by molar-refractivity contribution is 5.39. The molecule has 0 radical (unpaired) electrons. The average Bonchev–Trinajstić information content (AvgIpc) is 2.94. The second-order valence-corrected chi connectivity index (χ2v) is 6.16. The van der Waals surface area contributed by atoms with Gasteiger partial charge in [-0.05, 0) is 61.3 Å². The minimum absolute atomic E-state index is 0.315. The zero-order valence-electron chi connectivity index (χ0n) is 12.3. The van der Waals surface area contributed by atoms with E-state index in [1.165, 1.54) is 43.2 Å². The van der Waals surface area contributed by atoms with Crippen LogP contribution in [-0.4, -0.2) is 24.9 Å². The second-order valence-electron chi connectivity index (χ2n) is 6.16. The van der Waals surface area contributed by atoms with Gasteiger partial charge in [-0.15, -0.1) is 0 Å². The number of fused-ring (bicyclic) bond motifs is 1. The number of methoxy groups -OCH3 is 1. The predicted molar refractivity (Wildman–Crippen MR) is 80.0 cm³/mol. The largest absolute Gasteiger partial charge is 0.497 e. The van der Waals surface area contributed by atoms with Crippen molar-refractivity contribution in [2.24, 2.45) is 5.92 Å². The third-order valence-electron chi connectivity index (χ3n) is 4.98. The molecular formula is C17H25NO2. The molecule has 3 nitrogen and oxygen atoms in total. The average molecular weight is 275 g/mol. The van der Waals surface area contributed by atoms with E-state index in [1.807, 2.05) is 0 Å². The van der Waals surface area contributed by atoms with Gasteiger partial charge in [-0.1, -0.05) is 12.5 Å². The van der Waals surface area contributed by atoms with Gasteiger partial charge in [0.05, 0.1) is 7.11 Å². The predicted octanol–water partition coefficient (Wildman–Crippen LogP) is 2.82. The number of benzene rings is 1. The van der Waals surface area contributed by atoms with Crippen LogP contribution in [0.3, 0.4) is 0 Å². The lowest BCUT2D eigenvalue weighted by atomic mass is 9.86. The third-order valence-corrected chi connectivity index (χ3v) is 4.98. The Morgan fingerprint density at radius 3 is 2.95 bits per heavy atom. The van der Waals surface area contributed by atoms with Gasteiger partial charge in [0.25, 0.3) is 0 Å². The topological polar surface area (TPSA) is 41.5 Å². The Balaban J connectivity index is 1.78. The summed E-state index contributed by atoms with van der Waals surface area (Å²) in [7, 11) is 1.73. The molecule has 0 aliphatic heterocycles. The maximum atomic E-state index is 9.48. The van der Waals surface area contributed by atoms with Crippen molar-refractivity contribution in [1.82, 2.24) is 5.32 Å². The molecule has 20 heavy (non-hydrogen) atoms. The zero-order valence-corrected chi connectivity index (χ0v) is 12.3. The van der Waals surface area contributed by atoms with Crippen LogP contribution in [0.15, 0.2) is 18.2 Å². The van der Waals surface area contributed by atoms with E-state index >= 15 is 0 Å². The van der Waals surface area contributed by atoms with E-state index in [0.717, 1.165) is 12.2 Å². The summed E-state index contributed by atoms with van der Waals surface area (Å²) in [6, 6.07) is 7.36. The van der Waals surface area contributed by atoms with Gasteiger partial charge in [0, 0.05) is 18.7 Å². The lowest BCUT2D eigenvalue weighted by molar-refractivity contribution is 0.197. The SMILES string of the molecule is COc1ccc2c(c1)C(NC1CCCC1CO)CCC2. The minimum Gasteiger partial charge on any atom is -0.497 e. The van der Waals surface area contributed by atoms with Gasteiger partial charge in [-0.3, -0.25) is 0 Å². The Morgan fingerprint density at radius 2 is 2.15 bits per heavy atom. The molecule has 0 spiro atoms. The van der Waals surface area contributed by atoms with E-state index in [0.29, 0.717) is 24.6 Å². The van der Waals surface area contributed by atoms with Crippen LogP contribution in [0.1, 0.15) is 49.3 Å². The maximum absolute atomic E-state index is 9.48. The van der Waals surface area contributed by atoms with Crippen LogP contribution in [0.2, 0.25) is 0 Å². The molecule has 3 rings (SSSR count). The zero-order chi connectivity index (χ0) is 13.9. The molecule has 3 unspecified atom stereocenters. The summed E-state index contributed by atoms with van der Waals surface area (Å²) >= 11 is 0. The molecule has 1 aromatic carbocycles. The van der Waals surface area contributed by atoms with Gasteiger partial charge < -0.3 is 15.2 Å². The molecule has 1 saturated carbocycles. The fraction of sp³-hybridized carbons (Fsp3) is 0.647. The van der Waals surface area contributed by atoms with Gasteiger partial charge in [0.15, 0.2) is 0 Å². The first-order valence-corrected chi connectivity index (χ1v) is 7.85. The van der Waals surface area contributed by atoms with Gasteiger partial charge >= 0.3 is 0 Å². The summed E-state index contributed by atoms with van der Waals surface area (Å²) < 4.78 is 5.37. The molecule has 3 heteroatoms. The smallest absolute Gasteiger partial charge is 0.119 e. The highest BCUT2D eigenvalue weighted by Crippen LogP contribution is 2.35. The summed E-state index contributed by atoms with van der Waals surface area (Å²) in [6.07, 6.45) is 7.20. The standard InChI is InChI=1S/C17H25NO2/c1-20-14-9-8-12-4-2-7-17(15(12)10-14)18-16-6-3-5-13(16)11-19/h8-10,13,16-19H,2-7,11H2,1H3. The number of ether oxygens (including phenoxy) is 1. The van der Waals surface area contributed by atoms with Crippen molar-refractivity contribution >= 4 is 0 Å². The lowest BCUT2D eigenvalue weighted by Gasteiger charge is -2.31. The Kier molecular flexibility index (Phi) is 4.27. The van der Waals surface area contributed by atoms with Crippen LogP contribution < -0.4 is 10.1 Å². The molecule has 1 fully saturated rings. The van der Waals surface area contributed by atoms with Gasteiger partial charge in [0.2, 0.25) is 0 Å². The van der Waals surface area contributed by atoms with Crippen molar-refractivity contribution in [3.05, 3.63) is 29.3 Å². The number of aryl methyl sites for hydroxylation is 1. The second kappa shape index (κ2) is 6.15. The molecule has 2 N–H and O–H groups in total.